The Labute approximate surface area is 147 Å². The van der Waals surface area contributed by atoms with Crippen LogP contribution in [-0.2, 0) is 9.59 Å². The number of halogens is 1. The minimum Gasteiger partial charge on any atom is -0.349 e. The number of benzene rings is 2. The molecule has 0 radical (unpaired) electrons. The van der Waals surface area contributed by atoms with Gasteiger partial charge < -0.3 is 10.6 Å². The predicted molar refractivity (Wildman–Crippen MR) is 97.2 cm³/mol. The van der Waals surface area contributed by atoms with Crippen molar-refractivity contribution < 1.29 is 9.59 Å². The zero-order valence-electron chi connectivity index (χ0n) is 14.0. The van der Waals surface area contributed by atoms with E-state index in [1.165, 1.54) is 6.92 Å². The van der Waals surface area contributed by atoms with Crippen LogP contribution in [-0.4, -0.2) is 11.8 Å². The van der Waals surface area contributed by atoms with Crippen LogP contribution in [0.3, 0.4) is 0 Å². The van der Waals surface area contributed by atoms with Crippen molar-refractivity contribution in [2.75, 3.05) is 5.32 Å². The molecule has 0 saturated carbocycles. The van der Waals surface area contributed by atoms with Crippen molar-refractivity contribution >= 4 is 29.1 Å². The third kappa shape index (κ3) is 4.83. The lowest BCUT2D eigenvalue weighted by Gasteiger charge is -2.19. The van der Waals surface area contributed by atoms with Gasteiger partial charge in [-0.05, 0) is 42.7 Å². The van der Waals surface area contributed by atoms with Gasteiger partial charge >= 0.3 is 0 Å². The highest BCUT2D eigenvalue weighted by Crippen LogP contribution is 2.26. The molecule has 0 fully saturated rings. The van der Waals surface area contributed by atoms with E-state index in [4.69, 9.17) is 11.6 Å². The molecule has 4 nitrogen and oxygen atoms in total. The molecule has 2 aromatic carbocycles. The number of aryl methyl sites for hydroxylation is 2. The van der Waals surface area contributed by atoms with Gasteiger partial charge in [0.1, 0.15) is 0 Å². The molecule has 2 rings (SSSR count). The van der Waals surface area contributed by atoms with E-state index in [2.05, 4.69) is 10.6 Å². The van der Waals surface area contributed by atoms with Crippen LogP contribution >= 0.6 is 11.6 Å². The number of carbonyl (C=O) groups excluding carboxylic acids is 2. The van der Waals surface area contributed by atoms with Gasteiger partial charge in [-0.3, -0.25) is 9.59 Å². The van der Waals surface area contributed by atoms with Crippen molar-refractivity contribution in [1.82, 2.24) is 5.32 Å². The number of nitrogens with one attached hydrogen (secondary N) is 2. The average molecular weight is 345 g/mol. The Morgan fingerprint density at radius 1 is 1.12 bits per heavy atom. The smallest absolute Gasteiger partial charge is 0.226 e. The molecule has 2 N–H and O–H groups in total. The topological polar surface area (TPSA) is 58.2 Å². The maximum Gasteiger partial charge on any atom is 0.226 e. The second-order valence-electron chi connectivity index (χ2n) is 5.85. The molecule has 0 bridgehead atoms. The molecule has 2 amide bonds. The molecule has 0 aromatic heterocycles. The lowest BCUT2D eigenvalue weighted by atomic mass is 10.0. The van der Waals surface area contributed by atoms with E-state index in [-0.39, 0.29) is 18.2 Å². The number of rotatable bonds is 5. The van der Waals surface area contributed by atoms with Gasteiger partial charge in [-0.1, -0.05) is 41.9 Å². The third-order valence-corrected chi connectivity index (χ3v) is 4.06. The highest BCUT2D eigenvalue weighted by Gasteiger charge is 2.19. The van der Waals surface area contributed by atoms with Crippen molar-refractivity contribution in [3.63, 3.8) is 0 Å². The number of carbonyl (C=O) groups is 2. The monoisotopic (exact) mass is 344 g/mol. The van der Waals surface area contributed by atoms with Crippen LogP contribution in [0.5, 0.6) is 0 Å². The zero-order chi connectivity index (χ0) is 17.7. The average Bonchev–Trinajstić information content (AvgIpc) is 2.50. The van der Waals surface area contributed by atoms with E-state index < -0.39 is 6.04 Å². The second-order valence-corrected chi connectivity index (χ2v) is 6.25. The van der Waals surface area contributed by atoms with Crippen molar-refractivity contribution in [3.8, 4) is 0 Å². The molecule has 0 spiro atoms. The summed E-state index contributed by atoms with van der Waals surface area (Å²) in [5, 5.41) is 6.23. The molecular weight excluding hydrogens is 324 g/mol. The number of amides is 2. The molecule has 0 heterocycles. The zero-order valence-corrected chi connectivity index (χ0v) is 14.8. The molecule has 0 aliphatic carbocycles. The maximum atomic E-state index is 12.4. The molecule has 2 aromatic rings. The minimum absolute atomic E-state index is 0.108. The summed E-state index contributed by atoms with van der Waals surface area (Å²) in [5.41, 5.74) is 3.56. The third-order valence-electron chi connectivity index (χ3n) is 3.71. The SMILES string of the molecule is CC(=O)N[C@H](CC(=O)Nc1cc(C)ccc1C)c1ccccc1Cl. The van der Waals surface area contributed by atoms with E-state index in [1.54, 1.807) is 6.07 Å². The molecular formula is C19H21ClN2O2. The summed E-state index contributed by atoms with van der Waals surface area (Å²) >= 11 is 6.21. The summed E-state index contributed by atoms with van der Waals surface area (Å²) in [4.78, 5) is 23.9. The molecule has 0 saturated heterocycles. The first-order valence-corrected chi connectivity index (χ1v) is 8.13. The standard InChI is InChI=1S/C19H21ClN2O2/c1-12-8-9-13(2)17(10-12)22-19(24)11-18(21-14(3)23)15-6-4-5-7-16(15)20/h4-10,18H,11H2,1-3H3,(H,21,23)(H,22,24)/t18-/m1/s1. The van der Waals surface area contributed by atoms with E-state index in [1.807, 2.05) is 50.2 Å². The first-order chi connectivity index (χ1) is 11.4. The number of hydrogen-bond donors (Lipinski definition) is 2. The fourth-order valence-corrected chi connectivity index (χ4v) is 2.77. The Balaban J connectivity index is 2.17. The summed E-state index contributed by atoms with van der Waals surface area (Å²) in [5.74, 6) is -0.387. The summed E-state index contributed by atoms with van der Waals surface area (Å²) in [6.07, 6.45) is 0.108. The van der Waals surface area contributed by atoms with Crippen LogP contribution in [0.25, 0.3) is 0 Å². The normalized spacial score (nSPS) is 11.7. The second kappa shape index (κ2) is 7.97. The highest BCUT2D eigenvalue weighted by molar-refractivity contribution is 6.31. The quantitative estimate of drug-likeness (QED) is 0.855. The van der Waals surface area contributed by atoms with E-state index in [0.29, 0.717) is 5.02 Å². The largest absolute Gasteiger partial charge is 0.349 e. The van der Waals surface area contributed by atoms with Gasteiger partial charge in [-0.25, -0.2) is 0 Å². The van der Waals surface area contributed by atoms with Crippen LogP contribution in [0.2, 0.25) is 5.02 Å². The van der Waals surface area contributed by atoms with Crippen molar-refractivity contribution in [3.05, 3.63) is 64.2 Å². The Bertz CT molecular complexity index is 759. The van der Waals surface area contributed by atoms with Crippen molar-refractivity contribution in [2.24, 2.45) is 0 Å². The molecule has 5 heteroatoms. The first kappa shape index (κ1) is 18.0. The molecule has 1 atom stereocenters. The van der Waals surface area contributed by atoms with Crippen molar-refractivity contribution in [1.29, 1.82) is 0 Å². The Morgan fingerprint density at radius 3 is 2.50 bits per heavy atom. The van der Waals surface area contributed by atoms with Crippen LogP contribution in [0.1, 0.15) is 36.1 Å². The predicted octanol–water partition coefficient (Wildman–Crippen LogP) is 4.16. The van der Waals surface area contributed by atoms with E-state index in [0.717, 1.165) is 22.4 Å². The van der Waals surface area contributed by atoms with Gasteiger partial charge in [-0.15, -0.1) is 0 Å². The summed E-state index contributed by atoms with van der Waals surface area (Å²) in [7, 11) is 0. The van der Waals surface area contributed by atoms with Gasteiger partial charge in [0.2, 0.25) is 11.8 Å². The van der Waals surface area contributed by atoms with E-state index in [9.17, 15) is 9.59 Å². The van der Waals surface area contributed by atoms with E-state index >= 15 is 0 Å². The van der Waals surface area contributed by atoms with Gasteiger partial charge in [-0.2, -0.15) is 0 Å². The van der Waals surface area contributed by atoms with Gasteiger partial charge in [0.25, 0.3) is 0 Å². The van der Waals surface area contributed by atoms with Gasteiger partial charge in [0.05, 0.1) is 12.5 Å². The lowest BCUT2D eigenvalue weighted by molar-refractivity contribution is -0.120. The molecule has 0 aliphatic rings. The fraction of sp³-hybridized carbons (Fsp3) is 0.263. The van der Waals surface area contributed by atoms with Gasteiger partial charge in [0, 0.05) is 17.6 Å². The lowest BCUT2D eigenvalue weighted by Crippen LogP contribution is -2.30. The van der Waals surface area contributed by atoms with Crippen LogP contribution < -0.4 is 10.6 Å². The summed E-state index contributed by atoms with van der Waals surface area (Å²) < 4.78 is 0. The molecule has 0 aliphatic heterocycles. The molecule has 0 unspecified atom stereocenters. The molecule has 126 valence electrons. The number of anilines is 1. The van der Waals surface area contributed by atoms with Crippen LogP contribution in [0, 0.1) is 13.8 Å². The Kier molecular flexibility index (Phi) is 5.99. The van der Waals surface area contributed by atoms with Crippen molar-refractivity contribution in [2.45, 2.75) is 33.2 Å². The Hall–Kier alpha value is -2.33. The first-order valence-electron chi connectivity index (χ1n) is 7.75. The molecule has 24 heavy (non-hydrogen) atoms. The van der Waals surface area contributed by atoms with Gasteiger partial charge in [0.15, 0.2) is 0 Å². The minimum atomic E-state index is -0.471. The van der Waals surface area contributed by atoms with Crippen LogP contribution in [0.15, 0.2) is 42.5 Å². The fourth-order valence-electron chi connectivity index (χ4n) is 2.50. The summed E-state index contributed by atoms with van der Waals surface area (Å²) in [6.45, 7) is 5.33. The van der Waals surface area contributed by atoms with Crippen LogP contribution in [0.4, 0.5) is 5.69 Å². The number of hydrogen-bond acceptors (Lipinski definition) is 2. The Morgan fingerprint density at radius 2 is 1.83 bits per heavy atom. The highest BCUT2D eigenvalue weighted by atomic mass is 35.5. The summed E-state index contributed by atoms with van der Waals surface area (Å²) in [6, 6.07) is 12.6. The maximum absolute atomic E-state index is 12.4.